The molecule has 3 N–H and O–H groups in total. The van der Waals surface area contributed by atoms with Gasteiger partial charge in [0.2, 0.25) is 0 Å². The molecule has 1 atom stereocenters. The summed E-state index contributed by atoms with van der Waals surface area (Å²) in [6.45, 7) is 0. The fraction of sp³-hybridized carbons (Fsp3) is 0.727. The van der Waals surface area contributed by atoms with Crippen LogP contribution in [0.15, 0.2) is 12.2 Å². The number of hydrogen-bond acceptors (Lipinski definition) is 2. The molecule has 0 bridgehead atoms. The van der Waals surface area contributed by atoms with Crippen LogP contribution in [0.25, 0.3) is 0 Å². The van der Waals surface area contributed by atoms with Crippen LogP contribution in [0.4, 0.5) is 4.79 Å². The molecule has 15 heavy (non-hydrogen) atoms. The largest absolute Gasteiger partial charge is 0.350 e. The van der Waals surface area contributed by atoms with E-state index in [4.69, 9.17) is 5.73 Å². The van der Waals surface area contributed by atoms with E-state index in [0.717, 1.165) is 25.2 Å². The van der Waals surface area contributed by atoms with Crippen molar-refractivity contribution in [2.24, 2.45) is 17.6 Å². The van der Waals surface area contributed by atoms with E-state index in [1.54, 1.807) is 0 Å². The highest BCUT2D eigenvalue weighted by atomic mass is 16.5. The van der Waals surface area contributed by atoms with Crippen LogP contribution >= 0.6 is 0 Å². The maximum atomic E-state index is 10.7. The zero-order chi connectivity index (χ0) is 10.8. The van der Waals surface area contributed by atoms with Crippen molar-refractivity contribution < 1.29 is 10.0 Å². The van der Waals surface area contributed by atoms with Gasteiger partial charge in [-0.3, -0.25) is 5.21 Å². The third-order valence-electron chi connectivity index (χ3n) is 3.70. The number of amides is 2. The summed E-state index contributed by atoms with van der Waals surface area (Å²) in [5, 5.41) is 10.00. The number of rotatable bonds is 2. The van der Waals surface area contributed by atoms with E-state index < -0.39 is 6.03 Å². The van der Waals surface area contributed by atoms with Crippen molar-refractivity contribution in [2.45, 2.75) is 38.1 Å². The first-order valence-corrected chi connectivity index (χ1v) is 5.61. The highest BCUT2D eigenvalue weighted by Crippen LogP contribution is 2.41. The van der Waals surface area contributed by atoms with Crippen molar-refractivity contribution >= 4 is 6.03 Å². The minimum absolute atomic E-state index is 0.0431. The van der Waals surface area contributed by atoms with Crippen molar-refractivity contribution in [3.8, 4) is 0 Å². The van der Waals surface area contributed by atoms with Crippen molar-refractivity contribution in [3.05, 3.63) is 12.2 Å². The maximum Gasteiger partial charge on any atom is 0.338 e. The fourth-order valence-electron chi connectivity index (χ4n) is 2.64. The number of nitrogens with zero attached hydrogens (tertiary/aromatic N) is 1. The topological polar surface area (TPSA) is 66.6 Å². The van der Waals surface area contributed by atoms with E-state index in [1.807, 2.05) is 0 Å². The minimum Gasteiger partial charge on any atom is -0.350 e. The molecular weight excluding hydrogens is 192 g/mol. The van der Waals surface area contributed by atoms with Gasteiger partial charge in [-0.25, -0.2) is 9.86 Å². The van der Waals surface area contributed by atoms with Crippen LogP contribution in [0.2, 0.25) is 0 Å². The number of primary amides is 1. The Labute approximate surface area is 89.7 Å². The number of hydroxylamine groups is 2. The third kappa shape index (κ3) is 2.15. The summed E-state index contributed by atoms with van der Waals surface area (Å²) >= 11 is 0. The first kappa shape index (κ1) is 10.5. The molecule has 0 aromatic heterocycles. The van der Waals surface area contributed by atoms with Crippen LogP contribution in [-0.4, -0.2) is 22.3 Å². The molecule has 2 aliphatic rings. The first-order valence-electron chi connectivity index (χ1n) is 5.61. The molecule has 4 nitrogen and oxygen atoms in total. The highest BCUT2D eigenvalue weighted by molar-refractivity contribution is 5.71. The Balaban J connectivity index is 1.77. The van der Waals surface area contributed by atoms with Crippen molar-refractivity contribution in [2.75, 3.05) is 0 Å². The molecule has 0 aromatic rings. The summed E-state index contributed by atoms with van der Waals surface area (Å²) in [4.78, 5) is 10.7. The van der Waals surface area contributed by atoms with Gasteiger partial charge in [-0.15, -0.1) is 0 Å². The van der Waals surface area contributed by atoms with Crippen molar-refractivity contribution in [1.82, 2.24) is 5.06 Å². The lowest BCUT2D eigenvalue weighted by Crippen LogP contribution is -2.49. The van der Waals surface area contributed by atoms with Crippen LogP contribution in [0.3, 0.4) is 0 Å². The van der Waals surface area contributed by atoms with Crippen LogP contribution in [0, 0.1) is 11.8 Å². The predicted molar refractivity (Wildman–Crippen MR) is 56.2 cm³/mol. The molecule has 1 saturated carbocycles. The fourth-order valence-corrected chi connectivity index (χ4v) is 2.64. The van der Waals surface area contributed by atoms with Gasteiger partial charge in [0.15, 0.2) is 0 Å². The molecule has 2 rings (SSSR count). The molecule has 0 aliphatic heterocycles. The first-order chi connectivity index (χ1) is 7.18. The lowest BCUT2D eigenvalue weighted by molar-refractivity contribution is -0.117. The summed E-state index contributed by atoms with van der Waals surface area (Å²) in [5.41, 5.74) is 5.00. The van der Waals surface area contributed by atoms with Gasteiger partial charge >= 0.3 is 6.03 Å². The third-order valence-corrected chi connectivity index (χ3v) is 3.70. The van der Waals surface area contributed by atoms with Crippen LogP contribution in [0.1, 0.15) is 32.1 Å². The number of carbonyl (C=O) groups excluding carboxylic acids is 1. The van der Waals surface area contributed by atoms with E-state index in [9.17, 15) is 10.0 Å². The molecule has 0 saturated heterocycles. The highest BCUT2D eigenvalue weighted by Gasteiger charge is 2.38. The van der Waals surface area contributed by atoms with Crippen LogP contribution in [0.5, 0.6) is 0 Å². The second kappa shape index (κ2) is 4.23. The van der Waals surface area contributed by atoms with Gasteiger partial charge in [-0.1, -0.05) is 12.2 Å². The summed E-state index contributed by atoms with van der Waals surface area (Å²) in [6, 6.07) is -0.777. The molecule has 1 fully saturated rings. The zero-order valence-electron chi connectivity index (χ0n) is 8.80. The van der Waals surface area contributed by atoms with E-state index in [2.05, 4.69) is 12.2 Å². The Hall–Kier alpha value is -1.03. The lowest BCUT2D eigenvalue weighted by Gasteiger charge is -2.43. The maximum absolute atomic E-state index is 10.7. The summed E-state index contributed by atoms with van der Waals surface area (Å²) in [6.07, 6.45) is 9.84. The summed E-state index contributed by atoms with van der Waals surface area (Å²) in [7, 11) is 0. The minimum atomic E-state index is -0.734. The number of nitrogens with two attached hydrogens (primary N) is 1. The molecule has 4 heteroatoms. The number of carbonyl (C=O) groups is 1. The SMILES string of the molecule is NC(=O)N(O)[C@H]1C[C@@H](C2CC=CCC2)C1. The normalized spacial score (nSPS) is 34.6. The van der Waals surface area contributed by atoms with Crippen LogP contribution < -0.4 is 5.73 Å². The van der Waals surface area contributed by atoms with Gasteiger partial charge in [0.05, 0.1) is 6.04 Å². The summed E-state index contributed by atoms with van der Waals surface area (Å²) in [5.74, 6) is 1.40. The molecule has 1 unspecified atom stereocenters. The van der Waals surface area contributed by atoms with E-state index in [0.29, 0.717) is 11.0 Å². The number of allylic oxidation sites excluding steroid dienone is 2. The van der Waals surface area contributed by atoms with E-state index in [-0.39, 0.29) is 6.04 Å². The van der Waals surface area contributed by atoms with Gasteiger partial charge in [0, 0.05) is 0 Å². The number of hydrogen-bond donors (Lipinski definition) is 2. The standard InChI is InChI=1S/C11H18N2O2/c12-11(14)13(15)10-6-9(7-10)8-4-2-1-3-5-8/h1-2,8-10,15H,3-7H2,(H2,12,14)/t8?,9-,10+. The molecule has 0 heterocycles. The quantitative estimate of drug-likeness (QED) is 0.415. The van der Waals surface area contributed by atoms with Gasteiger partial charge in [0.25, 0.3) is 0 Å². The smallest absolute Gasteiger partial charge is 0.338 e. The van der Waals surface area contributed by atoms with Gasteiger partial charge < -0.3 is 5.73 Å². The second-order valence-corrected chi connectivity index (χ2v) is 4.61. The van der Waals surface area contributed by atoms with Gasteiger partial charge in [-0.05, 0) is 43.9 Å². The van der Waals surface area contributed by atoms with Gasteiger partial charge in [0.1, 0.15) is 0 Å². The van der Waals surface area contributed by atoms with Crippen molar-refractivity contribution in [3.63, 3.8) is 0 Å². The van der Waals surface area contributed by atoms with Gasteiger partial charge in [-0.2, -0.15) is 0 Å². The molecule has 2 aliphatic carbocycles. The molecular formula is C11H18N2O2. The monoisotopic (exact) mass is 210 g/mol. The Morgan fingerprint density at radius 2 is 2.07 bits per heavy atom. The predicted octanol–water partition coefficient (Wildman–Crippen LogP) is 1.89. The van der Waals surface area contributed by atoms with E-state index in [1.165, 1.54) is 12.8 Å². The molecule has 0 aromatic carbocycles. The molecule has 2 amide bonds. The Morgan fingerprint density at radius 3 is 2.60 bits per heavy atom. The second-order valence-electron chi connectivity index (χ2n) is 4.61. The van der Waals surface area contributed by atoms with E-state index >= 15 is 0 Å². The van der Waals surface area contributed by atoms with Crippen LogP contribution in [-0.2, 0) is 0 Å². The Bertz CT molecular complexity index is 272. The lowest BCUT2D eigenvalue weighted by atomic mass is 9.69. The Morgan fingerprint density at radius 1 is 1.33 bits per heavy atom. The number of urea groups is 1. The molecule has 84 valence electrons. The molecule has 0 spiro atoms. The summed E-state index contributed by atoms with van der Waals surface area (Å²) < 4.78 is 0. The molecule has 0 radical (unpaired) electrons. The Kier molecular flexibility index (Phi) is 2.95. The zero-order valence-corrected chi connectivity index (χ0v) is 8.80. The average Bonchev–Trinajstić information content (AvgIpc) is 2.17. The van der Waals surface area contributed by atoms with Crippen molar-refractivity contribution in [1.29, 1.82) is 0 Å². The average molecular weight is 210 g/mol.